The second kappa shape index (κ2) is 3.61. The zero-order valence-electron chi connectivity index (χ0n) is 6.35. The number of nitrogens with zero attached hydrogens (tertiary/aromatic N) is 2. The van der Waals surface area contributed by atoms with Crippen molar-refractivity contribution < 1.29 is 14.5 Å². The molecular formula is C7H5FN2O3. The minimum atomic E-state index is -0.684. The third-order valence-electron chi connectivity index (χ3n) is 1.40. The van der Waals surface area contributed by atoms with Gasteiger partial charge in [0.05, 0.1) is 16.7 Å². The van der Waals surface area contributed by atoms with Crippen LogP contribution in [-0.4, -0.2) is 16.2 Å². The highest BCUT2D eigenvalue weighted by Gasteiger charge is 2.11. The fourth-order valence-electron chi connectivity index (χ4n) is 0.864. The predicted octanol–water partition coefficient (Wildman–Crippen LogP) is 1.60. The minimum absolute atomic E-state index is 0.0764. The predicted molar refractivity (Wildman–Crippen MR) is 43.5 cm³/mol. The van der Waals surface area contributed by atoms with Gasteiger partial charge in [-0.2, -0.15) is 0 Å². The van der Waals surface area contributed by atoms with Crippen molar-refractivity contribution in [2.75, 3.05) is 0 Å². The summed E-state index contributed by atoms with van der Waals surface area (Å²) in [4.78, 5) is 9.66. The van der Waals surface area contributed by atoms with E-state index in [1.807, 2.05) is 0 Å². The number of phenols is 1. The summed E-state index contributed by atoms with van der Waals surface area (Å²) in [6, 6.07) is 3.28. The number of halogens is 1. The smallest absolute Gasteiger partial charge is 0.278 e. The molecule has 0 aliphatic rings. The molecule has 0 saturated heterocycles. The molecule has 0 fully saturated rings. The van der Waals surface area contributed by atoms with Crippen LogP contribution >= 0.6 is 0 Å². The molecule has 0 aromatic heterocycles. The maximum atomic E-state index is 11.5. The van der Waals surface area contributed by atoms with Crippen LogP contribution in [0.1, 0.15) is 5.56 Å². The van der Waals surface area contributed by atoms with Gasteiger partial charge < -0.3 is 5.11 Å². The van der Waals surface area contributed by atoms with Crippen molar-refractivity contribution in [2.45, 2.75) is 0 Å². The summed E-state index contributed by atoms with van der Waals surface area (Å²) >= 11 is 0. The van der Waals surface area contributed by atoms with Gasteiger partial charge >= 0.3 is 0 Å². The standard InChI is InChI=1S/C7H5FN2O3/c8-9-4-5-3-6(11)1-2-7(5)10(12)13/h1-4,11H/b9-4-. The molecule has 0 unspecified atom stereocenters. The molecule has 1 N–H and O–H groups in total. The molecule has 0 radical (unpaired) electrons. The molecule has 0 aliphatic heterocycles. The first-order valence-corrected chi connectivity index (χ1v) is 3.27. The van der Waals surface area contributed by atoms with Crippen LogP contribution in [0.2, 0.25) is 0 Å². The first-order chi connectivity index (χ1) is 6.15. The van der Waals surface area contributed by atoms with Crippen LogP contribution in [0.15, 0.2) is 23.4 Å². The second-order valence-electron chi connectivity index (χ2n) is 2.23. The topological polar surface area (TPSA) is 75.7 Å². The average Bonchev–Trinajstić information content (AvgIpc) is 2.04. The number of nitro groups is 1. The molecule has 0 atom stereocenters. The Morgan fingerprint density at radius 3 is 2.85 bits per heavy atom. The minimum Gasteiger partial charge on any atom is -0.508 e. The lowest BCUT2D eigenvalue weighted by atomic mass is 10.2. The van der Waals surface area contributed by atoms with Crippen LogP contribution in [0.5, 0.6) is 5.75 Å². The van der Waals surface area contributed by atoms with E-state index in [0.29, 0.717) is 6.21 Å². The maximum Gasteiger partial charge on any atom is 0.278 e. The first kappa shape index (κ1) is 9.11. The first-order valence-electron chi connectivity index (χ1n) is 3.27. The summed E-state index contributed by atoms with van der Waals surface area (Å²) in [6.07, 6.45) is 0.665. The Morgan fingerprint density at radius 1 is 1.62 bits per heavy atom. The summed E-state index contributed by atoms with van der Waals surface area (Å²) in [7, 11) is 0. The normalized spacial score (nSPS) is 10.5. The van der Waals surface area contributed by atoms with E-state index in [2.05, 4.69) is 5.21 Å². The molecule has 1 aromatic rings. The molecule has 0 amide bonds. The van der Waals surface area contributed by atoms with E-state index in [4.69, 9.17) is 5.11 Å². The lowest BCUT2D eigenvalue weighted by molar-refractivity contribution is -0.385. The Labute approximate surface area is 72.2 Å². The van der Waals surface area contributed by atoms with E-state index >= 15 is 0 Å². The Bertz CT molecular complexity index is 365. The molecule has 1 aromatic carbocycles. The van der Waals surface area contributed by atoms with Crippen molar-refractivity contribution in [3.63, 3.8) is 0 Å². The molecule has 68 valence electrons. The van der Waals surface area contributed by atoms with Crippen molar-refractivity contribution in [1.29, 1.82) is 0 Å². The highest BCUT2D eigenvalue weighted by Crippen LogP contribution is 2.21. The van der Waals surface area contributed by atoms with Gasteiger partial charge in [0.2, 0.25) is 0 Å². The molecule has 6 heteroatoms. The lowest BCUT2D eigenvalue weighted by Crippen LogP contribution is -1.93. The quantitative estimate of drug-likeness (QED) is 0.431. The Kier molecular flexibility index (Phi) is 2.53. The van der Waals surface area contributed by atoms with Gasteiger partial charge in [0, 0.05) is 6.07 Å². The SMILES string of the molecule is O=[N+]([O-])c1ccc(O)cc1/C=N\F. The fourth-order valence-corrected chi connectivity index (χ4v) is 0.864. The van der Waals surface area contributed by atoms with Crippen LogP contribution in [0.25, 0.3) is 0 Å². The van der Waals surface area contributed by atoms with Crippen LogP contribution in [0.4, 0.5) is 10.2 Å². The van der Waals surface area contributed by atoms with E-state index in [1.165, 1.54) is 0 Å². The van der Waals surface area contributed by atoms with Gasteiger partial charge in [-0.25, -0.2) is 0 Å². The fraction of sp³-hybridized carbons (Fsp3) is 0. The Balaban J connectivity index is 3.26. The molecule has 13 heavy (non-hydrogen) atoms. The molecule has 0 bridgehead atoms. The van der Waals surface area contributed by atoms with Gasteiger partial charge in [-0.15, -0.1) is 0 Å². The summed E-state index contributed by atoms with van der Waals surface area (Å²) < 4.78 is 11.5. The van der Waals surface area contributed by atoms with Gasteiger partial charge in [-0.05, 0) is 12.1 Å². The van der Waals surface area contributed by atoms with Crippen LogP contribution in [0, 0.1) is 10.1 Å². The second-order valence-corrected chi connectivity index (χ2v) is 2.23. The van der Waals surface area contributed by atoms with Gasteiger partial charge in [0.1, 0.15) is 5.75 Å². The highest BCUT2D eigenvalue weighted by atomic mass is 19.2. The third kappa shape index (κ3) is 1.98. The van der Waals surface area contributed by atoms with Gasteiger partial charge in [-0.3, -0.25) is 10.1 Å². The summed E-state index contributed by atoms with van der Waals surface area (Å²) in [5, 5.41) is 21.4. The Morgan fingerprint density at radius 2 is 2.31 bits per heavy atom. The van der Waals surface area contributed by atoms with Crippen molar-refractivity contribution in [1.82, 2.24) is 0 Å². The molecule has 0 heterocycles. The van der Waals surface area contributed by atoms with Crippen molar-refractivity contribution in [2.24, 2.45) is 5.21 Å². The number of phenolic OH excluding ortho intramolecular Hbond substituents is 1. The number of hydrogen-bond acceptors (Lipinski definition) is 4. The zero-order chi connectivity index (χ0) is 9.84. The average molecular weight is 184 g/mol. The lowest BCUT2D eigenvalue weighted by Gasteiger charge is -1.96. The molecular weight excluding hydrogens is 179 g/mol. The van der Waals surface area contributed by atoms with Crippen LogP contribution < -0.4 is 0 Å². The maximum absolute atomic E-state index is 11.5. The van der Waals surface area contributed by atoms with Crippen molar-refractivity contribution in [3.8, 4) is 5.75 Å². The van der Waals surface area contributed by atoms with Crippen molar-refractivity contribution in [3.05, 3.63) is 33.9 Å². The van der Waals surface area contributed by atoms with E-state index in [0.717, 1.165) is 18.2 Å². The molecule has 0 spiro atoms. The molecule has 5 nitrogen and oxygen atoms in total. The summed E-state index contributed by atoms with van der Waals surface area (Å²) in [6.45, 7) is 0. The van der Waals surface area contributed by atoms with Gasteiger partial charge in [-0.1, -0.05) is 9.70 Å². The van der Waals surface area contributed by atoms with E-state index in [1.54, 1.807) is 0 Å². The molecule has 0 aliphatic carbocycles. The Hall–Kier alpha value is -1.98. The molecule has 0 saturated carbocycles. The van der Waals surface area contributed by atoms with Gasteiger partial charge in [0.15, 0.2) is 0 Å². The number of hydrogen-bond donors (Lipinski definition) is 1. The van der Waals surface area contributed by atoms with Crippen molar-refractivity contribution >= 4 is 11.9 Å². The van der Waals surface area contributed by atoms with Gasteiger partial charge in [0.25, 0.3) is 5.69 Å². The largest absolute Gasteiger partial charge is 0.508 e. The number of nitro benzene ring substituents is 1. The van der Waals surface area contributed by atoms with Crippen LogP contribution in [-0.2, 0) is 0 Å². The number of aromatic hydroxyl groups is 1. The summed E-state index contributed by atoms with van der Waals surface area (Å²) in [5.74, 6) is -0.180. The van der Waals surface area contributed by atoms with E-state index in [9.17, 15) is 14.6 Å². The molecule has 1 rings (SSSR count). The van der Waals surface area contributed by atoms with E-state index in [-0.39, 0.29) is 17.0 Å². The monoisotopic (exact) mass is 184 g/mol. The van der Waals surface area contributed by atoms with E-state index < -0.39 is 4.92 Å². The number of benzene rings is 1. The van der Waals surface area contributed by atoms with Crippen LogP contribution in [0.3, 0.4) is 0 Å². The number of rotatable bonds is 2. The highest BCUT2D eigenvalue weighted by molar-refractivity contribution is 5.85. The summed E-state index contributed by atoms with van der Waals surface area (Å²) in [5.41, 5.74) is -0.383. The third-order valence-corrected chi connectivity index (χ3v) is 1.40. The zero-order valence-corrected chi connectivity index (χ0v) is 6.35.